The molecule has 0 unspecified atom stereocenters. The molecule has 0 amide bonds. The van der Waals surface area contributed by atoms with Crippen LogP contribution < -0.4 is 19.9 Å². The highest BCUT2D eigenvalue weighted by Crippen LogP contribution is 2.40. The lowest BCUT2D eigenvalue weighted by Gasteiger charge is -2.23. The highest BCUT2D eigenvalue weighted by Gasteiger charge is 2.19. The molecule has 0 aliphatic rings. The Balaban J connectivity index is 1.89. The Morgan fingerprint density at radius 2 is 1.68 bits per heavy atom. The smallest absolute Gasteiger partial charge is 0.219 e. The minimum absolute atomic E-state index is 0.253. The second-order valence-electron chi connectivity index (χ2n) is 6.17. The van der Waals surface area contributed by atoms with E-state index in [-0.39, 0.29) is 5.95 Å². The number of nitrogen functional groups attached to an aromatic ring is 1. The summed E-state index contributed by atoms with van der Waals surface area (Å²) in [7, 11) is 4.81. The number of methoxy groups -OCH3 is 3. The SMILES string of the molecule is COc1ccc(CN(Cc2cnc(N)nc2)Cc2ccco2)c(OC)c1OC. The third-order valence-corrected chi connectivity index (χ3v) is 4.27. The average molecular weight is 384 g/mol. The molecular formula is C20H24N4O4. The van der Waals surface area contributed by atoms with Crippen molar-refractivity contribution < 1.29 is 18.6 Å². The summed E-state index contributed by atoms with van der Waals surface area (Å²) in [5.41, 5.74) is 7.50. The maximum Gasteiger partial charge on any atom is 0.219 e. The van der Waals surface area contributed by atoms with E-state index >= 15 is 0 Å². The van der Waals surface area contributed by atoms with Crippen molar-refractivity contribution in [3.05, 3.63) is 59.8 Å². The lowest BCUT2D eigenvalue weighted by Crippen LogP contribution is -2.23. The van der Waals surface area contributed by atoms with Crippen molar-refractivity contribution in [1.82, 2.24) is 14.9 Å². The maximum absolute atomic E-state index is 5.62. The van der Waals surface area contributed by atoms with Crippen LogP contribution in [0.15, 0.2) is 47.3 Å². The van der Waals surface area contributed by atoms with Gasteiger partial charge < -0.3 is 24.4 Å². The van der Waals surface area contributed by atoms with Crippen LogP contribution in [-0.2, 0) is 19.6 Å². The molecule has 0 atom stereocenters. The number of nitrogens with zero attached hydrogens (tertiary/aromatic N) is 3. The number of nitrogens with two attached hydrogens (primary N) is 1. The summed E-state index contributed by atoms with van der Waals surface area (Å²) in [6.07, 6.45) is 5.11. The van der Waals surface area contributed by atoms with E-state index in [9.17, 15) is 0 Å². The zero-order chi connectivity index (χ0) is 19.9. The van der Waals surface area contributed by atoms with Crippen molar-refractivity contribution in [2.75, 3.05) is 27.1 Å². The van der Waals surface area contributed by atoms with Crippen molar-refractivity contribution in [2.24, 2.45) is 0 Å². The normalized spacial score (nSPS) is 10.9. The molecule has 0 saturated carbocycles. The second kappa shape index (κ2) is 9.09. The van der Waals surface area contributed by atoms with Gasteiger partial charge in [0.1, 0.15) is 5.76 Å². The van der Waals surface area contributed by atoms with E-state index in [0.717, 1.165) is 16.9 Å². The molecule has 0 saturated heterocycles. The van der Waals surface area contributed by atoms with Gasteiger partial charge in [-0.05, 0) is 18.2 Å². The van der Waals surface area contributed by atoms with Gasteiger partial charge in [-0.1, -0.05) is 6.07 Å². The van der Waals surface area contributed by atoms with Gasteiger partial charge in [-0.3, -0.25) is 4.90 Å². The van der Waals surface area contributed by atoms with E-state index in [4.69, 9.17) is 24.4 Å². The van der Waals surface area contributed by atoms with Gasteiger partial charge in [0.05, 0.1) is 34.1 Å². The largest absolute Gasteiger partial charge is 0.493 e. The summed E-state index contributed by atoms with van der Waals surface area (Å²) in [5, 5.41) is 0. The van der Waals surface area contributed by atoms with Crippen LogP contribution in [0.4, 0.5) is 5.95 Å². The minimum Gasteiger partial charge on any atom is -0.493 e. The lowest BCUT2D eigenvalue weighted by molar-refractivity contribution is 0.222. The first kappa shape index (κ1) is 19.5. The standard InChI is InChI=1S/C20H24N4O4/c1-25-17-7-6-15(18(26-2)19(17)27-3)12-24(13-16-5-4-8-28-16)11-14-9-22-20(21)23-10-14/h4-10H,11-13H2,1-3H3,(H2,21,22,23). The number of ether oxygens (including phenoxy) is 3. The topological polar surface area (TPSA) is 95.9 Å². The predicted octanol–water partition coefficient (Wildman–Crippen LogP) is 2.88. The Labute approximate surface area is 163 Å². The molecule has 0 aliphatic carbocycles. The van der Waals surface area contributed by atoms with E-state index in [2.05, 4.69) is 14.9 Å². The molecular weight excluding hydrogens is 360 g/mol. The quantitative estimate of drug-likeness (QED) is 0.602. The average Bonchev–Trinajstić information content (AvgIpc) is 3.22. The highest BCUT2D eigenvalue weighted by molar-refractivity contribution is 5.55. The fraction of sp³-hybridized carbons (Fsp3) is 0.300. The van der Waals surface area contributed by atoms with Crippen LogP contribution in [-0.4, -0.2) is 36.2 Å². The molecule has 0 spiro atoms. The molecule has 3 rings (SSSR count). The summed E-state index contributed by atoms with van der Waals surface area (Å²) in [5.74, 6) is 2.93. The molecule has 0 radical (unpaired) electrons. The molecule has 1 aromatic carbocycles. The number of anilines is 1. The molecule has 8 nitrogen and oxygen atoms in total. The molecule has 148 valence electrons. The van der Waals surface area contributed by atoms with Crippen LogP contribution in [0.5, 0.6) is 17.2 Å². The van der Waals surface area contributed by atoms with Gasteiger partial charge in [0.25, 0.3) is 0 Å². The van der Waals surface area contributed by atoms with Crippen molar-refractivity contribution in [1.29, 1.82) is 0 Å². The van der Waals surface area contributed by atoms with Crippen LogP contribution in [0.2, 0.25) is 0 Å². The predicted molar refractivity (Wildman–Crippen MR) is 104 cm³/mol. The van der Waals surface area contributed by atoms with E-state index < -0.39 is 0 Å². The van der Waals surface area contributed by atoms with Crippen molar-refractivity contribution in [3.8, 4) is 17.2 Å². The zero-order valence-electron chi connectivity index (χ0n) is 16.2. The van der Waals surface area contributed by atoms with Gasteiger partial charge in [0.15, 0.2) is 11.5 Å². The summed E-state index contributed by atoms with van der Waals surface area (Å²) >= 11 is 0. The molecule has 2 N–H and O–H groups in total. The Hall–Kier alpha value is -3.26. The molecule has 2 aromatic heterocycles. The first-order valence-electron chi connectivity index (χ1n) is 8.73. The molecule has 0 fully saturated rings. The summed E-state index contributed by atoms with van der Waals surface area (Å²) in [6, 6.07) is 7.65. The monoisotopic (exact) mass is 384 g/mol. The third-order valence-electron chi connectivity index (χ3n) is 4.27. The van der Waals surface area contributed by atoms with Crippen LogP contribution in [0.1, 0.15) is 16.9 Å². The summed E-state index contributed by atoms with van der Waals surface area (Å²) in [4.78, 5) is 10.3. The fourth-order valence-electron chi connectivity index (χ4n) is 3.02. The molecule has 0 bridgehead atoms. The van der Waals surface area contributed by atoms with Crippen molar-refractivity contribution in [3.63, 3.8) is 0 Å². The first-order chi connectivity index (χ1) is 13.6. The van der Waals surface area contributed by atoms with E-state index in [1.807, 2.05) is 24.3 Å². The van der Waals surface area contributed by atoms with Crippen LogP contribution in [0.3, 0.4) is 0 Å². The molecule has 0 aliphatic heterocycles. The Morgan fingerprint density at radius 1 is 0.929 bits per heavy atom. The third kappa shape index (κ3) is 4.52. The van der Waals surface area contributed by atoms with Gasteiger partial charge in [0.2, 0.25) is 11.7 Å². The Bertz CT molecular complexity index is 882. The van der Waals surface area contributed by atoms with Gasteiger partial charge in [-0.25, -0.2) is 9.97 Å². The summed E-state index contributed by atoms with van der Waals surface area (Å²) in [6.45, 7) is 1.81. The molecule has 8 heteroatoms. The fourth-order valence-corrected chi connectivity index (χ4v) is 3.02. The van der Waals surface area contributed by atoms with Crippen molar-refractivity contribution >= 4 is 5.95 Å². The van der Waals surface area contributed by atoms with E-state index in [1.54, 1.807) is 40.0 Å². The number of hydrogen-bond acceptors (Lipinski definition) is 8. The minimum atomic E-state index is 0.253. The first-order valence-corrected chi connectivity index (χ1v) is 8.73. The highest BCUT2D eigenvalue weighted by atomic mass is 16.5. The van der Waals surface area contributed by atoms with Crippen molar-refractivity contribution in [2.45, 2.75) is 19.6 Å². The van der Waals surface area contributed by atoms with Crippen LogP contribution in [0, 0.1) is 0 Å². The number of furan rings is 1. The molecule has 28 heavy (non-hydrogen) atoms. The van der Waals surface area contributed by atoms with Gasteiger partial charge >= 0.3 is 0 Å². The van der Waals surface area contributed by atoms with E-state index in [1.165, 1.54) is 0 Å². The Morgan fingerprint density at radius 3 is 2.29 bits per heavy atom. The number of hydrogen-bond donors (Lipinski definition) is 1. The van der Waals surface area contributed by atoms with E-state index in [0.29, 0.717) is 36.9 Å². The van der Waals surface area contributed by atoms with Crippen LogP contribution >= 0.6 is 0 Å². The Kier molecular flexibility index (Phi) is 6.33. The van der Waals surface area contributed by atoms with Gasteiger partial charge in [0, 0.05) is 36.6 Å². The van der Waals surface area contributed by atoms with Gasteiger partial charge in [-0.15, -0.1) is 0 Å². The number of benzene rings is 1. The lowest BCUT2D eigenvalue weighted by atomic mass is 10.1. The molecule has 2 heterocycles. The zero-order valence-corrected chi connectivity index (χ0v) is 16.2. The maximum atomic E-state index is 5.62. The second-order valence-corrected chi connectivity index (χ2v) is 6.17. The van der Waals surface area contributed by atoms with Gasteiger partial charge in [-0.2, -0.15) is 0 Å². The molecule has 3 aromatic rings. The number of aromatic nitrogens is 2. The summed E-state index contributed by atoms with van der Waals surface area (Å²) < 4.78 is 22.0. The van der Waals surface area contributed by atoms with Crippen LogP contribution in [0.25, 0.3) is 0 Å². The number of rotatable bonds is 9.